The van der Waals surface area contributed by atoms with Gasteiger partial charge in [-0.15, -0.1) is 0 Å². The molecule has 0 fully saturated rings. The quantitative estimate of drug-likeness (QED) is 0.357. The first-order chi connectivity index (χ1) is 13.9. The summed E-state index contributed by atoms with van der Waals surface area (Å²) < 4.78 is 28.7. The molecule has 29 heavy (non-hydrogen) atoms. The molecule has 0 aliphatic rings. The van der Waals surface area contributed by atoms with E-state index in [1.165, 1.54) is 0 Å². The van der Waals surface area contributed by atoms with Crippen LogP contribution >= 0.6 is 7.60 Å². The molecule has 0 aromatic heterocycles. The van der Waals surface area contributed by atoms with Crippen molar-refractivity contribution >= 4 is 13.6 Å². The first-order valence-corrected chi connectivity index (χ1v) is 11.6. The number of ether oxygens (including phenoxy) is 1. The zero-order valence-corrected chi connectivity index (χ0v) is 18.1. The summed E-state index contributed by atoms with van der Waals surface area (Å²) in [5.41, 5.74) is 2.80. The smallest absolute Gasteiger partial charge is 0.330 e. The van der Waals surface area contributed by atoms with Gasteiger partial charge in [0.2, 0.25) is 0 Å². The summed E-state index contributed by atoms with van der Waals surface area (Å²) in [6.07, 6.45) is 0.899. The maximum Gasteiger partial charge on any atom is 0.330 e. The summed E-state index contributed by atoms with van der Waals surface area (Å²) in [4.78, 5) is 11.1. The van der Waals surface area contributed by atoms with Crippen molar-refractivity contribution in [3.8, 4) is 16.9 Å². The highest BCUT2D eigenvalue weighted by molar-refractivity contribution is 7.53. The molecule has 0 aliphatic heterocycles. The van der Waals surface area contributed by atoms with Gasteiger partial charge in [-0.3, -0.25) is 9.36 Å². The highest BCUT2D eigenvalue weighted by Crippen LogP contribution is 2.48. The maximum absolute atomic E-state index is 12.4. The molecule has 2 aromatic rings. The largest absolute Gasteiger partial charge is 0.494 e. The molecule has 0 radical (unpaired) electrons. The highest BCUT2D eigenvalue weighted by Gasteiger charge is 2.22. The molecule has 1 N–H and O–H groups in total. The summed E-state index contributed by atoms with van der Waals surface area (Å²) in [5.74, 6) is -0.633. The number of rotatable bonds is 12. The predicted octanol–water partition coefficient (Wildman–Crippen LogP) is 5.58. The molecule has 0 heterocycles. The zero-order valence-electron chi connectivity index (χ0n) is 17.2. The minimum absolute atomic E-state index is 0.327. The van der Waals surface area contributed by atoms with Crippen molar-refractivity contribution in [2.75, 3.05) is 26.0 Å². The van der Waals surface area contributed by atoms with Crippen molar-refractivity contribution in [2.24, 2.45) is 0 Å². The fraction of sp³-hybridized carbons (Fsp3) is 0.409. The van der Waals surface area contributed by atoms with Gasteiger partial charge >= 0.3 is 13.6 Å². The molecule has 1 unspecified atom stereocenters. The fourth-order valence-corrected chi connectivity index (χ4v) is 4.49. The standard InChI is InChI=1S/C22H29O6P/c1-4-27-29(25,28-5-2)16-6-15-26-21-13-11-20(12-14-21)19-9-7-18(8-10-19)17(3)22(23)24/h7-14,17H,4-6,15-16H2,1-3H3,(H,23,24). The van der Waals surface area contributed by atoms with Crippen LogP contribution in [0.1, 0.15) is 38.7 Å². The number of hydrogen-bond acceptors (Lipinski definition) is 5. The Kier molecular flexibility index (Phi) is 8.90. The van der Waals surface area contributed by atoms with E-state index in [2.05, 4.69) is 0 Å². The molecule has 0 aliphatic carbocycles. The van der Waals surface area contributed by atoms with Gasteiger partial charge in [-0.2, -0.15) is 0 Å². The molecule has 6 nitrogen and oxygen atoms in total. The molecule has 7 heteroatoms. The first kappa shape index (κ1) is 23.1. The molecule has 158 valence electrons. The van der Waals surface area contributed by atoms with E-state index in [0.717, 1.165) is 22.4 Å². The Morgan fingerprint density at radius 3 is 1.97 bits per heavy atom. The van der Waals surface area contributed by atoms with E-state index in [9.17, 15) is 9.36 Å². The monoisotopic (exact) mass is 420 g/mol. The van der Waals surface area contributed by atoms with Gasteiger partial charge in [0.05, 0.1) is 31.9 Å². The molecule has 1 atom stereocenters. The average molecular weight is 420 g/mol. The molecule has 0 saturated carbocycles. The Hall–Kier alpha value is -2.14. The number of carboxylic acid groups (broad SMARTS) is 1. The SMILES string of the molecule is CCOP(=O)(CCCOc1ccc(-c2ccc(C(C)C(=O)O)cc2)cc1)OCC. The third-order valence-corrected chi connectivity index (χ3v) is 6.63. The molecule has 2 aromatic carbocycles. The van der Waals surface area contributed by atoms with Gasteiger partial charge in [0.25, 0.3) is 0 Å². The lowest BCUT2D eigenvalue weighted by atomic mass is 9.98. The van der Waals surface area contributed by atoms with Crippen molar-refractivity contribution in [1.29, 1.82) is 0 Å². The van der Waals surface area contributed by atoms with Crippen LogP contribution in [0.25, 0.3) is 11.1 Å². The van der Waals surface area contributed by atoms with E-state index in [0.29, 0.717) is 32.4 Å². The predicted molar refractivity (Wildman–Crippen MR) is 114 cm³/mol. The second kappa shape index (κ2) is 11.1. The van der Waals surface area contributed by atoms with Crippen LogP contribution < -0.4 is 4.74 Å². The lowest BCUT2D eigenvalue weighted by Crippen LogP contribution is -2.06. The van der Waals surface area contributed by atoms with Crippen molar-refractivity contribution < 1.29 is 28.3 Å². The Labute approximate surface area is 172 Å². The number of aliphatic carboxylic acids is 1. The third-order valence-electron chi connectivity index (χ3n) is 4.47. The normalized spacial score (nSPS) is 12.5. The Morgan fingerprint density at radius 1 is 0.966 bits per heavy atom. The van der Waals surface area contributed by atoms with Crippen LogP contribution in [-0.4, -0.2) is 37.1 Å². The van der Waals surface area contributed by atoms with E-state index in [4.69, 9.17) is 18.9 Å². The summed E-state index contributed by atoms with van der Waals surface area (Å²) in [7, 11) is -3.02. The van der Waals surface area contributed by atoms with Gasteiger partial charge in [0.15, 0.2) is 0 Å². The van der Waals surface area contributed by atoms with Crippen LogP contribution in [0.3, 0.4) is 0 Å². The molecule has 0 spiro atoms. The number of carboxylic acids is 1. The average Bonchev–Trinajstić information content (AvgIpc) is 2.71. The van der Waals surface area contributed by atoms with Gasteiger partial charge < -0.3 is 18.9 Å². The van der Waals surface area contributed by atoms with Gasteiger partial charge in [-0.25, -0.2) is 0 Å². The molecule has 0 bridgehead atoms. The molecule has 2 rings (SSSR count). The summed E-state index contributed by atoms with van der Waals surface area (Å²) in [6.45, 7) is 6.40. The van der Waals surface area contributed by atoms with Crippen molar-refractivity contribution in [3.05, 3.63) is 54.1 Å². The van der Waals surface area contributed by atoms with E-state index >= 15 is 0 Å². The number of hydrogen-bond donors (Lipinski definition) is 1. The Bertz CT molecular complexity index is 806. The molecular weight excluding hydrogens is 391 g/mol. The molecule has 0 saturated heterocycles. The van der Waals surface area contributed by atoms with E-state index in [-0.39, 0.29) is 0 Å². The van der Waals surface area contributed by atoms with Crippen LogP contribution in [0.15, 0.2) is 48.5 Å². The van der Waals surface area contributed by atoms with Crippen LogP contribution in [0.5, 0.6) is 5.75 Å². The van der Waals surface area contributed by atoms with Gasteiger partial charge in [-0.05, 0) is 56.0 Å². The van der Waals surface area contributed by atoms with E-state index in [1.54, 1.807) is 20.8 Å². The van der Waals surface area contributed by atoms with Crippen LogP contribution in [0, 0.1) is 0 Å². The lowest BCUT2D eigenvalue weighted by molar-refractivity contribution is -0.138. The fourth-order valence-electron chi connectivity index (χ4n) is 2.86. The Morgan fingerprint density at radius 2 is 1.48 bits per heavy atom. The Balaban J connectivity index is 1.89. The van der Waals surface area contributed by atoms with Crippen LogP contribution in [0.4, 0.5) is 0 Å². The van der Waals surface area contributed by atoms with Crippen molar-refractivity contribution in [3.63, 3.8) is 0 Å². The molecular formula is C22H29O6P. The van der Waals surface area contributed by atoms with Crippen molar-refractivity contribution in [2.45, 2.75) is 33.1 Å². The summed E-state index contributed by atoms with van der Waals surface area (Å²) >= 11 is 0. The van der Waals surface area contributed by atoms with E-state index in [1.807, 2.05) is 48.5 Å². The number of benzene rings is 2. The highest BCUT2D eigenvalue weighted by atomic mass is 31.2. The number of carbonyl (C=O) groups is 1. The minimum Gasteiger partial charge on any atom is -0.494 e. The van der Waals surface area contributed by atoms with Gasteiger partial charge in [-0.1, -0.05) is 36.4 Å². The second-order valence-corrected chi connectivity index (χ2v) is 8.76. The minimum atomic E-state index is -3.02. The third kappa shape index (κ3) is 7.00. The van der Waals surface area contributed by atoms with Crippen LogP contribution in [0.2, 0.25) is 0 Å². The molecule has 0 amide bonds. The zero-order chi connectivity index (χ0) is 21.3. The van der Waals surface area contributed by atoms with Crippen molar-refractivity contribution in [1.82, 2.24) is 0 Å². The maximum atomic E-state index is 12.4. The summed E-state index contributed by atoms with van der Waals surface area (Å²) in [5, 5.41) is 9.10. The van der Waals surface area contributed by atoms with E-state index < -0.39 is 19.5 Å². The first-order valence-electron chi connectivity index (χ1n) is 9.82. The van der Waals surface area contributed by atoms with Gasteiger partial charge in [0, 0.05) is 0 Å². The van der Waals surface area contributed by atoms with Crippen LogP contribution in [-0.2, 0) is 18.4 Å². The lowest BCUT2D eigenvalue weighted by Gasteiger charge is -2.16. The summed E-state index contributed by atoms with van der Waals surface area (Å²) in [6, 6.07) is 15.2. The topological polar surface area (TPSA) is 82.1 Å². The van der Waals surface area contributed by atoms with Gasteiger partial charge in [0.1, 0.15) is 5.75 Å². The second-order valence-electron chi connectivity index (χ2n) is 6.58.